The molecular formula is C12H20N2O3S2. The second kappa shape index (κ2) is 5.14. The van der Waals surface area contributed by atoms with Crippen LogP contribution >= 0.6 is 11.3 Å². The molecule has 2 atom stereocenters. The molecule has 108 valence electrons. The maximum Gasteiger partial charge on any atom is 0.250 e. The van der Waals surface area contributed by atoms with Gasteiger partial charge in [-0.3, -0.25) is 0 Å². The van der Waals surface area contributed by atoms with Gasteiger partial charge in [-0.15, -0.1) is 11.3 Å². The molecule has 1 aliphatic heterocycles. The van der Waals surface area contributed by atoms with Crippen molar-refractivity contribution in [1.29, 1.82) is 0 Å². The van der Waals surface area contributed by atoms with Gasteiger partial charge in [-0.05, 0) is 38.8 Å². The molecule has 0 aromatic carbocycles. The van der Waals surface area contributed by atoms with E-state index in [-0.39, 0.29) is 6.10 Å². The van der Waals surface area contributed by atoms with Crippen molar-refractivity contribution in [3.8, 4) is 0 Å². The molecule has 2 heterocycles. The third-order valence-corrected chi connectivity index (χ3v) is 7.05. The number of hydrogen-bond acceptors (Lipinski definition) is 5. The zero-order valence-corrected chi connectivity index (χ0v) is 13.0. The van der Waals surface area contributed by atoms with Crippen LogP contribution in [0, 0.1) is 6.92 Å². The van der Waals surface area contributed by atoms with Crippen molar-refractivity contribution in [3.63, 3.8) is 0 Å². The molecular weight excluding hydrogens is 284 g/mol. The predicted molar refractivity (Wildman–Crippen MR) is 75.7 cm³/mol. The highest BCUT2D eigenvalue weighted by Crippen LogP contribution is 2.30. The molecule has 2 rings (SSSR count). The lowest BCUT2D eigenvalue weighted by atomic mass is 9.97. The van der Waals surface area contributed by atoms with Gasteiger partial charge in [-0.2, -0.15) is 0 Å². The summed E-state index contributed by atoms with van der Waals surface area (Å²) < 4.78 is 33.4. The monoisotopic (exact) mass is 304 g/mol. The van der Waals surface area contributed by atoms with Crippen LogP contribution in [0.3, 0.4) is 0 Å². The van der Waals surface area contributed by atoms with Crippen molar-refractivity contribution in [2.75, 3.05) is 6.61 Å². The Hall–Kier alpha value is -0.470. The fourth-order valence-electron chi connectivity index (χ4n) is 2.15. The van der Waals surface area contributed by atoms with Crippen molar-refractivity contribution in [3.05, 3.63) is 16.5 Å². The molecule has 0 bridgehead atoms. The van der Waals surface area contributed by atoms with Gasteiger partial charge >= 0.3 is 0 Å². The topological polar surface area (TPSA) is 81.4 Å². The molecule has 0 spiro atoms. The quantitative estimate of drug-likeness (QED) is 0.880. The molecule has 5 nitrogen and oxygen atoms in total. The van der Waals surface area contributed by atoms with Gasteiger partial charge < -0.3 is 10.5 Å². The molecule has 1 aliphatic rings. The second-order valence-electron chi connectivity index (χ2n) is 5.16. The van der Waals surface area contributed by atoms with Crippen LogP contribution in [-0.4, -0.2) is 26.7 Å². The minimum absolute atomic E-state index is 0.127. The van der Waals surface area contributed by atoms with Crippen LogP contribution in [0.25, 0.3) is 0 Å². The highest BCUT2D eigenvalue weighted by Gasteiger charge is 2.41. The van der Waals surface area contributed by atoms with Gasteiger partial charge in [0, 0.05) is 18.0 Å². The molecule has 1 aromatic rings. The number of nitrogens with two attached hydrogens (primary N) is 1. The van der Waals surface area contributed by atoms with E-state index in [0.717, 1.165) is 10.4 Å². The fourth-order valence-corrected chi connectivity index (χ4v) is 5.11. The first-order chi connectivity index (χ1) is 8.78. The third-order valence-electron chi connectivity index (χ3n) is 3.70. The van der Waals surface area contributed by atoms with E-state index in [9.17, 15) is 8.42 Å². The number of rotatable bonds is 4. The zero-order chi connectivity index (χ0) is 14.3. The van der Waals surface area contributed by atoms with E-state index in [1.807, 2.05) is 20.8 Å². The average molecular weight is 304 g/mol. The standard InChI is InChI=1S/C12H20N2O3S2/c1-8-6-11(18-10(8)7-13)19(15,16)14-12(3)4-5-17-9(12)2/h6,9,14H,4-5,7,13H2,1-3H3. The van der Waals surface area contributed by atoms with Crippen LogP contribution in [0.2, 0.25) is 0 Å². The maximum absolute atomic E-state index is 12.4. The van der Waals surface area contributed by atoms with Crippen LogP contribution in [0.5, 0.6) is 0 Å². The first kappa shape index (κ1) is 14.9. The van der Waals surface area contributed by atoms with E-state index < -0.39 is 15.6 Å². The summed E-state index contributed by atoms with van der Waals surface area (Å²) in [4.78, 5) is 0.904. The molecule has 0 aliphatic carbocycles. The summed E-state index contributed by atoms with van der Waals surface area (Å²) in [6, 6.07) is 1.68. The van der Waals surface area contributed by atoms with Gasteiger partial charge in [0.15, 0.2) is 0 Å². The first-order valence-electron chi connectivity index (χ1n) is 6.23. The molecule has 3 N–H and O–H groups in total. The summed E-state index contributed by atoms with van der Waals surface area (Å²) in [5.41, 5.74) is 5.98. The summed E-state index contributed by atoms with van der Waals surface area (Å²) in [6.45, 7) is 6.59. The van der Waals surface area contributed by atoms with Crippen molar-refractivity contribution < 1.29 is 13.2 Å². The van der Waals surface area contributed by atoms with Gasteiger partial charge in [0.1, 0.15) is 4.21 Å². The van der Waals surface area contributed by atoms with Gasteiger partial charge in [0.2, 0.25) is 0 Å². The first-order valence-corrected chi connectivity index (χ1v) is 8.53. The van der Waals surface area contributed by atoms with Crippen molar-refractivity contribution >= 4 is 21.4 Å². The van der Waals surface area contributed by atoms with Gasteiger partial charge in [0.05, 0.1) is 11.6 Å². The smallest absolute Gasteiger partial charge is 0.250 e. The number of nitrogens with one attached hydrogen (secondary N) is 1. The number of thiophene rings is 1. The number of hydrogen-bond donors (Lipinski definition) is 2. The zero-order valence-electron chi connectivity index (χ0n) is 11.4. The molecule has 7 heteroatoms. The minimum Gasteiger partial charge on any atom is -0.376 e. The molecule has 0 amide bonds. The normalized spacial score (nSPS) is 27.9. The lowest BCUT2D eigenvalue weighted by molar-refractivity contribution is 0.0957. The summed E-state index contributed by atoms with van der Waals surface area (Å²) in [5.74, 6) is 0. The number of sulfonamides is 1. The predicted octanol–water partition coefficient (Wildman–Crippen LogP) is 1.36. The fraction of sp³-hybridized carbons (Fsp3) is 0.667. The van der Waals surface area contributed by atoms with Crippen LogP contribution in [-0.2, 0) is 21.3 Å². The van der Waals surface area contributed by atoms with Crippen molar-refractivity contribution in [2.45, 2.75) is 49.6 Å². The number of aryl methyl sites for hydroxylation is 1. The Labute approximate surface area is 118 Å². The van der Waals surface area contributed by atoms with E-state index in [1.54, 1.807) is 6.07 Å². The number of ether oxygens (including phenoxy) is 1. The van der Waals surface area contributed by atoms with Crippen LogP contribution in [0.1, 0.15) is 30.7 Å². The Balaban J connectivity index is 2.27. The third kappa shape index (κ3) is 2.85. The molecule has 1 saturated heterocycles. The van der Waals surface area contributed by atoms with E-state index in [0.29, 0.717) is 23.8 Å². The van der Waals surface area contributed by atoms with E-state index in [2.05, 4.69) is 4.72 Å². The summed E-state index contributed by atoms with van der Waals surface area (Å²) in [5, 5.41) is 0. The lowest BCUT2D eigenvalue weighted by Crippen LogP contribution is -2.50. The summed E-state index contributed by atoms with van der Waals surface area (Å²) >= 11 is 1.23. The molecule has 1 aromatic heterocycles. The Kier molecular flexibility index (Phi) is 4.04. The Morgan fingerprint density at radius 2 is 2.32 bits per heavy atom. The Bertz CT molecular complexity index is 568. The Morgan fingerprint density at radius 1 is 1.63 bits per heavy atom. The average Bonchev–Trinajstić information content (AvgIpc) is 2.83. The minimum atomic E-state index is -3.51. The van der Waals surface area contributed by atoms with Gasteiger partial charge in [-0.25, -0.2) is 13.1 Å². The lowest BCUT2D eigenvalue weighted by Gasteiger charge is -2.28. The largest absolute Gasteiger partial charge is 0.376 e. The van der Waals surface area contributed by atoms with Crippen molar-refractivity contribution in [1.82, 2.24) is 4.72 Å². The molecule has 0 radical (unpaired) electrons. The van der Waals surface area contributed by atoms with E-state index in [4.69, 9.17) is 10.5 Å². The summed E-state index contributed by atoms with van der Waals surface area (Å²) in [7, 11) is -3.51. The van der Waals surface area contributed by atoms with E-state index in [1.165, 1.54) is 11.3 Å². The SMILES string of the molecule is Cc1cc(S(=O)(=O)NC2(C)CCOC2C)sc1CN. The summed E-state index contributed by atoms with van der Waals surface area (Å²) in [6.07, 6.45) is 0.555. The van der Waals surface area contributed by atoms with E-state index >= 15 is 0 Å². The Morgan fingerprint density at radius 3 is 2.79 bits per heavy atom. The van der Waals surface area contributed by atoms with Crippen LogP contribution in [0.4, 0.5) is 0 Å². The molecule has 19 heavy (non-hydrogen) atoms. The van der Waals surface area contributed by atoms with Gasteiger partial charge in [0.25, 0.3) is 10.0 Å². The van der Waals surface area contributed by atoms with Gasteiger partial charge in [-0.1, -0.05) is 0 Å². The molecule has 2 unspecified atom stereocenters. The maximum atomic E-state index is 12.4. The van der Waals surface area contributed by atoms with Crippen LogP contribution in [0.15, 0.2) is 10.3 Å². The second-order valence-corrected chi connectivity index (χ2v) is 8.21. The van der Waals surface area contributed by atoms with Crippen LogP contribution < -0.4 is 10.5 Å². The molecule has 1 fully saturated rings. The highest BCUT2D eigenvalue weighted by molar-refractivity contribution is 7.91. The highest BCUT2D eigenvalue weighted by atomic mass is 32.2. The molecule has 0 saturated carbocycles. The van der Waals surface area contributed by atoms with Crippen molar-refractivity contribution in [2.24, 2.45) is 5.73 Å².